The molecule has 33 heavy (non-hydrogen) atoms. The van der Waals surface area contributed by atoms with Crippen molar-refractivity contribution < 1.29 is 32.2 Å². The summed E-state index contributed by atoms with van der Waals surface area (Å²) in [5.41, 5.74) is 2.05. The highest BCUT2D eigenvalue weighted by Gasteiger charge is 2.31. The van der Waals surface area contributed by atoms with Crippen molar-refractivity contribution in [2.75, 3.05) is 37.1 Å². The van der Waals surface area contributed by atoms with Crippen molar-refractivity contribution in [1.29, 1.82) is 5.26 Å². The fourth-order valence-electron chi connectivity index (χ4n) is 3.37. The largest absolute Gasteiger partial charge is 0.454 e. The Morgan fingerprint density at radius 3 is 2.09 bits per heavy atom. The van der Waals surface area contributed by atoms with Gasteiger partial charge in [0.2, 0.25) is 5.78 Å². The zero-order valence-corrected chi connectivity index (χ0v) is 17.8. The van der Waals surface area contributed by atoms with Crippen molar-refractivity contribution in [3.05, 3.63) is 71.1 Å². The van der Waals surface area contributed by atoms with Crippen LogP contribution in [0.3, 0.4) is 0 Å². The molecule has 3 rings (SSSR count). The first-order valence-corrected chi connectivity index (χ1v) is 9.77. The van der Waals surface area contributed by atoms with Gasteiger partial charge in [-0.2, -0.15) is 18.4 Å². The first-order chi connectivity index (χ1) is 15.6. The zero-order chi connectivity index (χ0) is 24.2. The lowest BCUT2D eigenvalue weighted by atomic mass is 10.1. The third-order valence-corrected chi connectivity index (χ3v) is 4.91. The third-order valence-electron chi connectivity index (χ3n) is 4.91. The number of ether oxygens (including phenoxy) is 2. The number of Topliss-reactive ketones (excluding diaryl/α,β-unsaturated/α-hetero) is 1. The summed E-state index contributed by atoms with van der Waals surface area (Å²) in [6.07, 6.45) is -4.42. The van der Waals surface area contributed by atoms with Gasteiger partial charge in [-0.3, -0.25) is 4.79 Å². The number of alkyl halides is 3. The molecule has 1 heterocycles. The summed E-state index contributed by atoms with van der Waals surface area (Å²) in [6, 6.07) is 14.9. The number of carbonyl (C=O) groups is 2. The van der Waals surface area contributed by atoms with E-state index in [1.807, 2.05) is 30.3 Å². The van der Waals surface area contributed by atoms with Crippen LogP contribution < -0.4 is 9.80 Å². The number of nitriles is 1. The summed E-state index contributed by atoms with van der Waals surface area (Å²) in [7, 11) is 3.46. The van der Waals surface area contributed by atoms with E-state index in [9.17, 15) is 28.0 Å². The molecule has 2 aromatic carbocycles. The van der Waals surface area contributed by atoms with Crippen LogP contribution in [-0.2, 0) is 20.9 Å². The summed E-state index contributed by atoms with van der Waals surface area (Å²) in [4.78, 5) is 28.4. The van der Waals surface area contributed by atoms with E-state index in [0.717, 1.165) is 11.4 Å². The van der Waals surface area contributed by atoms with E-state index in [2.05, 4.69) is 4.74 Å². The molecule has 7 nitrogen and oxygen atoms in total. The Bertz CT molecular complexity index is 1090. The van der Waals surface area contributed by atoms with Crippen LogP contribution in [0.4, 0.5) is 24.5 Å². The van der Waals surface area contributed by atoms with E-state index in [0.29, 0.717) is 11.4 Å². The zero-order valence-electron chi connectivity index (χ0n) is 17.8. The molecule has 10 heteroatoms. The van der Waals surface area contributed by atoms with Crippen LogP contribution in [0, 0.1) is 11.3 Å². The molecule has 172 valence electrons. The molecule has 1 aliphatic heterocycles. The number of carbonyl (C=O) groups excluding carboxylic acids is 2. The van der Waals surface area contributed by atoms with Crippen LogP contribution in [0.1, 0.15) is 15.9 Å². The monoisotopic (exact) mass is 459 g/mol. The van der Waals surface area contributed by atoms with Gasteiger partial charge in [-0.15, -0.1) is 0 Å². The van der Waals surface area contributed by atoms with Gasteiger partial charge in [0.1, 0.15) is 24.1 Å². The standard InChI is InChI=1S/C23H20F3N3O4/c1-28-18-5-3-4-6-19(18)29(2)21(28)17(11-27)20(30)13-33-22(31)16-9-7-15(8-10-16)12-32-14-23(24,25)26/h3-10H,12-14H2,1-2H3. The van der Waals surface area contributed by atoms with Crippen molar-refractivity contribution in [2.45, 2.75) is 12.8 Å². The Balaban J connectivity index is 1.63. The summed E-state index contributed by atoms with van der Waals surface area (Å²) >= 11 is 0. The fraction of sp³-hybridized carbons (Fsp3) is 0.261. The number of nitrogens with zero attached hydrogens (tertiary/aromatic N) is 3. The molecule has 0 radical (unpaired) electrons. The smallest absolute Gasteiger partial charge is 0.411 e. The molecule has 0 saturated carbocycles. The lowest BCUT2D eigenvalue weighted by Gasteiger charge is -2.19. The summed E-state index contributed by atoms with van der Waals surface area (Å²) in [5, 5.41) is 9.60. The van der Waals surface area contributed by atoms with E-state index in [4.69, 9.17) is 4.74 Å². The SMILES string of the molecule is CN1C(=C(C#N)C(=O)COC(=O)c2ccc(COCC(F)(F)F)cc2)N(C)c2ccccc21. The number of fused-ring (bicyclic) bond motifs is 1. The lowest BCUT2D eigenvalue weighted by Crippen LogP contribution is -2.27. The van der Waals surface area contributed by atoms with Crippen LogP contribution >= 0.6 is 0 Å². The van der Waals surface area contributed by atoms with Crippen molar-refractivity contribution in [2.24, 2.45) is 0 Å². The number of esters is 1. The number of hydrogen-bond acceptors (Lipinski definition) is 7. The molecule has 0 bridgehead atoms. The van der Waals surface area contributed by atoms with E-state index in [1.54, 1.807) is 23.9 Å². The van der Waals surface area contributed by atoms with E-state index in [-0.39, 0.29) is 17.7 Å². The number of rotatable bonds is 7. The highest BCUT2D eigenvalue weighted by atomic mass is 19.4. The topological polar surface area (TPSA) is 82.9 Å². The third kappa shape index (κ3) is 5.51. The van der Waals surface area contributed by atoms with Crippen molar-refractivity contribution in [1.82, 2.24) is 0 Å². The Kier molecular flexibility index (Phi) is 7.04. The van der Waals surface area contributed by atoms with Gasteiger partial charge in [0.15, 0.2) is 6.61 Å². The van der Waals surface area contributed by atoms with Crippen molar-refractivity contribution >= 4 is 23.1 Å². The fourth-order valence-corrected chi connectivity index (χ4v) is 3.37. The van der Waals surface area contributed by atoms with E-state index >= 15 is 0 Å². The molecule has 0 unspecified atom stereocenters. The van der Waals surface area contributed by atoms with Gasteiger partial charge in [0.05, 0.1) is 23.5 Å². The molecule has 2 aromatic rings. The van der Waals surface area contributed by atoms with Crippen LogP contribution in [0.15, 0.2) is 59.9 Å². The molecular formula is C23H20F3N3O4. The van der Waals surface area contributed by atoms with Crippen LogP contribution in [-0.4, -0.2) is 45.2 Å². The Morgan fingerprint density at radius 1 is 1.00 bits per heavy atom. The Hall–Kier alpha value is -3.84. The van der Waals surface area contributed by atoms with Crippen molar-refractivity contribution in [3.63, 3.8) is 0 Å². The predicted octanol–water partition coefficient (Wildman–Crippen LogP) is 3.81. The summed E-state index contributed by atoms with van der Waals surface area (Å²) in [5.74, 6) is -1.09. The Morgan fingerprint density at radius 2 is 1.58 bits per heavy atom. The number of hydrogen-bond donors (Lipinski definition) is 0. The molecule has 0 aromatic heterocycles. The van der Waals surface area contributed by atoms with Crippen LogP contribution in [0.5, 0.6) is 0 Å². The van der Waals surface area contributed by atoms with Crippen molar-refractivity contribution in [3.8, 4) is 6.07 Å². The minimum absolute atomic E-state index is 0.107. The number of halogens is 3. The second-order valence-corrected chi connectivity index (χ2v) is 7.22. The molecule has 0 atom stereocenters. The van der Waals surface area contributed by atoms with E-state index < -0.39 is 31.1 Å². The molecule has 0 aliphatic carbocycles. The summed E-state index contributed by atoms with van der Waals surface area (Å²) in [6.45, 7) is -2.28. The van der Waals surface area contributed by atoms with Gasteiger partial charge in [-0.25, -0.2) is 4.79 Å². The van der Waals surface area contributed by atoms with Gasteiger partial charge >= 0.3 is 12.1 Å². The maximum Gasteiger partial charge on any atom is 0.411 e. The van der Waals surface area contributed by atoms with Crippen LogP contribution in [0.25, 0.3) is 0 Å². The second kappa shape index (κ2) is 9.75. The average Bonchev–Trinajstić information content (AvgIpc) is 3.03. The highest BCUT2D eigenvalue weighted by Crippen LogP contribution is 2.40. The first kappa shape index (κ1) is 23.8. The normalized spacial score (nSPS) is 12.9. The number of para-hydroxylation sites is 2. The minimum atomic E-state index is -4.42. The molecule has 0 spiro atoms. The molecular weight excluding hydrogens is 439 g/mol. The Labute approximate surface area is 188 Å². The van der Waals surface area contributed by atoms with Gasteiger partial charge < -0.3 is 19.3 Å². The summed E-state index contributed by atoms with van der Waals surface area (Å²) < 4.78 is 46.0. The number of ketones is 1. The van der Waals surface area contributed by atoms with Crippen LogP contribution in [0.2, 0.25) is 0 Å². The first-order valence-electron chi connectivity index (χ1n) is 9.77. The van der Waals surface area contributed by atoms with Gasteiger partial charge in [-0.1, -0.05) is 24.3 Å². The second-order valence-electron chi connectivity index (χ2n) is 7.22. The molecule has 1 aliphatic rings. The predicted molar refractivity (Wildman–Crippen MR) is 113 cm³/mol. The maximum atomic E-state index is 12.7. The molecule has 0 fully saturated rings. The molecule has 0 N–H and O–H groups in total. The van der Waals surface area contributed by atoms with Gasteiger partial charge in [0.25, 0.3) is 0 Å². The quantitative estimate of drug-likeness (QED) is 0.354. The molecule has 0 saturated heterocycles. The molecule has 0 amide bonds. The maximum absolute atomic E-state index is 12.7. The lowest BCUT2D eigenvalue weighted by molar-refractivity contribution is -0.176. The highest BCUT2D eigenvalue weighted by molar-refractivity contribution is 6.04. The number of benzene rings is 2. The van der Waals surface area contributed by atoms with E-state index in [1.165, 1.54) is 24.3 Å². The van der Waals surface area contributed by atoms with Gasteiger partial charge in [0, 0.05) is 14.1 Å². The number of anilines is 2. The average molecular weight is 459 g/mol. The minimum Gasteiger partial charge on any atom is -0.454 e. The van der Waals surface area contributed by atoms with Gasteiger partial charge in [-0.05, 0) is 29.8 Å².